The van der Waals surface area contributed by atoms with Crippen molar-refractivity contribution >= 4 is 29.1 Å². The van der Waals surface area contributed by atoms with Gasteiger partial charge in [-0.15, -0.1) is 5.10 Å². The first-order valence-corrected chi connectivity index (χ1v) is 8.46. The van der Waals surface area contributed by atoms with Gasteiger partial charge < -0.3 is 10.8 Å². The number of benzene rings is 2. The quantitative estimate of drug-likeness (QED) is 0.459. The number of hydrogen-bond donors (Lipinski definition) is 2. The van der Waals surface area contributed by atoms with Crippen molar-refractivity contribution < 1.29 is 9.90 Å². The van der Waals surface area contributed by atoms with E-state index in [9.17, 15) is 4.79 Å². The zero-order valence-electron chi connectivity index (χ0n) is 13.1. The van der Waals surface area contributed by atoms with E-state index in [0.29, 0.717) is 11.6 Å². The molecule has 0 spiro atoms. The minimum absolute atomic E-state index is 0.132. The van der Waals surface area contributed by atoms with Crippen molar-refractivity contribution in [1.29, 1.82) is 0 Å². The van der Waals surface area contributed by atoms with Gasteiger partial charge in [0, 0.05) is 12.2 Å². The largest absolute Gasteiger partial charge is 0.481 e. The number of amidine groups is 1. The Morgan fingerprint density at radius 3 is 2.46 bits per heavy atom. The Kier molecular flexibility index (Phi) is 7.04. The maximum Gasteiger partial charge on any atom is 0.303 e. The van der Waals surface area contributed by atoms with Crippen LogP contribution >= 0.6 is 11.8 Å². The summed E-state index contributed by atoms with van der Waals surface area (Å²) in [5, 5.41) is 17.0. The number of aryl methyl sites for hydroxylation is 1. The van der Waals surface area contributed by atoms with Gasteiger partial charge in [0.05, 0.1) is 6.21 Å². The van der Waals surface area contributed by atoms with Gasteiger partial charge in [0.1, 0.15) is 0 Å². The van der Waals surface area contributed by atoms with Crippen molar-refractivity contribution in [3.8, 4) is 0 Å². The number of nitrogens with zero attached hydrogens (tertiary/aromatic N) is 2. The molecule has 0 unspecified atom stereocenters. The van der Waals surface area contributed by atoms with Crippen molar-refractivity contribution in [1.82, 2.24) is 0 Å². The Hall–Kier alpha value is -2.60. The lowest BCUT2D eigenvalue weighted by Crippen LogP contribution is -2.06. The lowest BCUT2D eigenvalue weighted by Gasteiger charge is -2.00. The lowest BCUT2D eigenvalue weighted by molar-refractivity contribution is -0.136. The van der Waals surface area contributed by atoms with Crippen molar-refractivity contribution in [3.05, 3.63) is 71.3 Å². The van der Waals surface area contributed by atoms with E-state index < -0.39 is 5.97 Å². The Morgan fingerprint density at radius 1 is 1.08 bits per heavy atom. The summed E-state index contributed by atoms with van der Waals surface area (Å²) >= 11 is 1.43. The molecule has 0 bridgehead atoms. The molecular formula is C18H19N3O2S. The van der Waals surface area contributed by atoms with E-state index in [0.717, 1.165) is 16.9 Å². The van der Waals surface area contributed by atoms with Crippen molar-refractivity contribution in [2.24, 2.45) is 15.9 Å². The molecule has 0 saturated carbocycles. The first-order valence-electron chi connectivity index (χ1n) is 7.47. The van der Waals surface area contributed by atoms with Gasteiger partial charge >= 0.3 is 5.97 Å². The summed E-state index contributed by atoms with van der Waals surface area (Å²) in [6, 6.07) is 17.6. The summed E-state index contributed by atoms with van der Waals surface area (Å²) in [5.41, 5.74) is 8.87. The van der Waals surface area contributed by atoms with E-state index in [-0.39, 0.29) is 6.42 Å². The van der Waals surface area contributed by atoms with Crippen LogP contribution in [0.2, 0.25) is 0 Å². The normalized spacial score (nSPS) is 11.8. The first-order chi connectivity index (χ1) is 11.6. The molecule has 0 aliphatic heterocycles. The van der Waals surface area contributed by atoms with Gasteiger partial charge in [-0.3, -0.25) is 4.79 Å². The van der Waals surface area contributed by atoms with Gasteiger partial charge in [0.25, 0.3) is 0 Å². The van der Waals surface area contributed by atoms with Crippen LogP contribution in [0.5, 0.6) is 0 Å². The van der Waals surface area contributed by atoms with Crippen LogP contribution in [0.3, 0.4) is 0 Å². The number of nitrogens with two attached hydrogens (primary N) is 1. The van der Waals surface area contributed by atoms with Gasteiger partial charge in [-0.2, -0.15) is 5.10 Å². The minimum atomic E-state index is -0.793. The van der Waals surface area contributed by atoms with E-state index in [1.54, 1.807) is 6.21 Å². The second kappa shape index (κ2) is 9.52. The standard InChI is InChI=1S/C18H19N3O2S/c19-18(24-13-16-4-2-1-3-5-16)21-20-12-15-8-6-14(7-9-15)10-11-17(22)23/h1-9,12H,10-11,13H2,(H2,19,21)(H,22,23). The molecule has 3 N–H and O–H groups in total. The van der Waals surface area contributed by atoms with E-state index in [2.05, 4.69) is 10.2 Å². The number of thioether (sulfide) groups is 1. The molecular weight excluding hydrogens is 322 g/mol. The summed E-state index contributed by atoms with van der Waals surface area (Å²) < 4.78 is 0. The number of carboxylic acids is 1. The number of hydrogen-bond acceptors (Lipinski definition) is 4. The van der Waals surface area contributed by atoms with E-state index in [4.69, 9.17) is 10.8 Å². The molecule has 2 rings (SSSR count). The molecule has 0 aromatic heterocycles. The molecule has 0 fully saturated rings. The van der Waals surface area contributed by atoms with Crippen molar-refractivity contribution in [3.63, 3.8) is 0 Å². The highest BCUT2D eigenvalue weighted by Crippen LogP contribution is 2.11. The average Bonchev–Trinajstić information content (AvgIpc) is 2.60. The summed E-state index contributed by atoms with van der Waals surface area (Å²) in [6.45, 7) is 0. The SMILES string of the molecule is NC(=NN=Cc1ccc(CCC(=O)O)cc1)SCc1ccccc1. The predicted octanol–water partition coefficient (Wildman–Crippen LogP) is 3.29. The van der Waals surface area contributed by atoms with Crippen LogP contribution in [0.15, 0.2) is 64.8 Å². The van der Waals surface area contributed by atoms with Crippen molar-refractivity contribution in [2.45, 2.75) is 18.6 Å². The Bertz CT molecular complexity index is 713. The van der Waals surface area contributed by atoms with Crippen LogP contribution in [-0.2, 0) is 17.0 Å². The van der Waals surface area contributed by atoms with Crippen molar-refractivity contribution in [2.75, 3.05) is 0 Å². The fraction of sp³-hybridized carbons (Fsp3) is 0.167. The Labute approximate surface area is 145 Å². The molecule has 5 nitrogen and oxygen atoms in total. The van der Waals surface area contributed by atoms with E-state index in [1.165, 1.54) is 17.3 Å². The topological polar surface area (TPSA) is 88.0 Å². The molecule has 0 amide bonds. The zero-order valence-corrected chi connectivity index (χ0v) is 13.9. The van der Waals surface area contributed by atoms with Gasteiger partial charge in [0.15, 0.2) is 5.17 Å². The van der Waals surface area contributed by atoms with E-state index in [1.807, 2.05) is 54.6 Å². The van der Waals surface area contributed by atoms with Gasteiger partial charge in [0.2, 0.25) is 0 Å². The summed E-state index contributed by atoms with van der Waals surface area (Å²) in [5.74, 6) is -0.0392. The number of carboxylic acid groups (broad SMARTS) is 1. The average molecular weight is 341 g/mol. The lowest BCUT2D eigenvalue weighted by atomic mass is 10.1. The third-order valence-electron chi connectivity index (χ3n) is 3.20. The highest BCUT2D eigenvalue weighted by Gasteiger charge is 1.99. The highest BCUT2D eigenvalue weighted by molar-refractivity contribution is 8.13. The molecule has 2 aromatic carbocycles. The third-order valence-corrected chi connectivity index (χ3v) is 4.05. The molecule has 0 aliphatic rings. The second-order valence-electron chi connectivity index (χ2n) is 5.09. The number of aliphatic carboxylic acids is 1. The number of carbonyl (C=O) groups is 1. The maximum atomic E-state index is 10.5. The molecule has 0 atom stereocenters. The summed E-state index contributed by atoms with van der Waals surface area (Å²) in [4.78, 5) is 10.5. The molecule has 124 valence electrons. The molecule has 2 aromatic rings. The molecule has 6 heteroatoms. The van der Waals surface area contributed by atoms with E-state index >= 15 is 0 Å². The molecule has 0 aliphatic carbocycles. The number of rotatable bonds is 7. The smallest absolute Gasteiger partial charge is 0.303 e. The highest BCUT2D eigenvalue weighted by atomic mass is 32.2. The molecule has 0 saturated heterocycles. The van der Waals surface area contributed by atoms with Crippen LogP contribution in [0, 0.1) is 0 Å². The fourth-order valence-corrected chi connectivity index (χ4v) is 2.55. The van der Waals surface area contributed by atoms with Crippen LogP contribution in [0.4, 0.5) is 0 Å². The fourth-order valence-electron chi connectivity index (χ4n) is 1.93. The van der Waals surface area contributed by atoms with Crippen LogP contribution in [-0.4, -0.2) is 22.5 Å². The third kappa shape index (κ3) is 6.66. The van der Waals surface area contributed by atoms with Gasteiger partial charge in [-0.05, 0) is 23.1 Å². The summed E-state index contributed by atoms with van der Waals surface area (Å²) in [7, 11) is 0. The zero-order chi connectivity index (χ0) is 17.2. The van der Waals surface area contributed by atoms with Crippen LogP contribution < -0.4 is 5.73 Å². The van der Waals surface area contributed by atoms with Gasteiger partial charge in [-0.1, -0.05) is 66.4 Å². The molecule has 0 radical (unpaired) electrons. The monoisotopic (exact) mass is 341 g/mol. The minimum Gasteiger partial charge on any atom is -0.481 e. The first kappa shape index (κ1) is 17.7. The Morgan fingerprint density at radius 2 is 1.79 bits per heavy atom. The maximum absolute atomic E-state index is 10.5. The molecule has 24 heavy (non-hydrogen) atoms. The second-order valence-corrected chi connectivity index (χ2v) is 6.09. The summed E-state index contributed by atoms with van der Waals surface area (Å²) in [6.07, 6.45) is 2.28. The predicted molar refractivity (Wildman–Crippen MR) is 99.4 cm³/mol. The molecule has 0 heterocycles. The Balaban J connectivity index is 1.82. The van der Waals surface area contributed by atoms with Crippen LogP contribution in [0.25, 0.3) is 0 Å². The van der Waals surface area contributed by atoms with Crippen LogP contribution in [0.1, 0.15) is 23.1 Å². The van der Waals surface area contributed by atoms with Gasteiger partial charge in [-0.25, -0.2) is 0 Å².